The van der Waals surface area contributed by atoms with Crippen LogP contribution in [0.25, 0.3) is 11.1 Å². The topological polar surface area (TPSA) is 325 Å². The molecule has 9 rings (SSSR count). The Balaban J connectivity index is 0.840. The second-order valence-corrected chi connectivity index (χ2v) is 22.8. The molecule has 0 heterocycles. The number of nitrogens with one attached hydrogen (secondary N) is 3. The monoisotopic (exact) mass is 1130 g/mol. The summed E-state index contributed by atoms with van der Waals surface area (Å²) < 4.78 is 66.0. The Labute approximate surface area is 465 Å². The number of aliphatic carboxylic acids is 1. The number of hydrogen-bond donors (Lipinski definition) is 11. The maximum atomic E-state index is 13.6. The summed E-state index contributed by atoms with van der Waals surface area (Å²) in [6, 6.07) is 45.6. The first-order valence-corrected chi connectivity index (χ1v) is 28.0. The Bertz CT molecular complexity index is 3890. The SMILES string of the molecule is Nc1cc(S(=O)(=O)c2ccc(O)c(NCC(O)COc3ccc(C4(c5ccc(OCC(O)CNCc6cc(S(=O)(=O)c7ccc(O)c(NC(=O)/C=C/C(=O)O)c7)ccc6O)cc5)c5ccccc5-c5ccccc54)cc3)c2)ccc1O. The average Bonchev–Trinajstić information content (AvgIpc) is 3.64. The van der Waals surface area contributed by atoms with Crippen LogP contribution in [-0.2, 0) is 41.2 Å². The number of ether oxygens (including phenoxy) is 2. The van der Waals surface area contributed by atoms with Crippen molar-refractivity contribution in [2.75, 3.05) is 42.7 Å². The van der Waals surface area contributed by atoms with E-state index in [-0.39, 0.29) is 92.3 Å². The number of fused-ring (bicyclic) bond motifs is 3. The number of rotatable bonds is 22. The van der Waals surface area contributed by atoms with Crippen molar-refractivity contribution in [1.82, 2.24) is 5.32 Å². The third-order valence-electron chi connectivity index (χ3n) is 13.5. The summed E-state index contributed by atoms with van der Waals surface area (Å²) in [5, 5.41) is 80.0. The first kappa shape index (κ1) is 56.3. The van der Waals surface area contributed by atoms with Gasteiger partial charge in [-0.25, -0.2) is 21.6 Å². The number of phenolic OH excluding ortho intramolecular Hbond substituents is 4. The predicted octanol–water partition coefficient (Wildman–Crippen LogP) is 7.08. The van der Waals surface area contributed by atoms with Gasteiger partial charge in [0.1, 0.15) is 59.9 Å². The number of nitrogen functional groups attached to an aromatic ring is 1. The molecule has 0 saturated carbocycles. The molecule has 0 bridgehead atoms. The number of sulfone groups is 2. The molecule has 416 valence electrons. The number of aliphatic hydroxyl groups is 2. The van der Waals surface area contributed by atoms with Crippen LogP contribution in [0.3, 0.4) is 0 Å². The van der Waals surface area contributed by atoms with Gasteiger partial charge < -0.3 is 66.9 Å². The minimum atomic E-state index is -4.26. The van der Waals surface area contributed by atoms with E-state index in [0.717, 1.165) is 57.6 Å². The summed E-state index contributed by atoms with van der Waals surface area (Å²) in [6.07, 6.45) is -0.848. The number of carboxylic acid groups (broad SMARTS) is 1. The van der Waals surface area contributed by atoms with Gasteiger partial charge >= 0.3 is 5.97 Å². The zero-order valence-corrected chi connectivity index (χ0v) is 44.4. The number of amides is 1. The molecule has 1 amide bonds. The lowest BCUT2D eigenvalue weighted by molar-refractivity contribution is -0.131. The fraction of sp³-hybridized carbons (Fsp3) is 0.133. The summed E-state index contributed by atoms with van der Waals surface area (Å²) in [5.74, 6) is -2.54. The summed E-state index contributed by atoms with van der Waals surface area (Å²) in [7, 11) is -8.34. The molecule has 8 aromatic carbocycles. The van der Waals surface area contributed by atoms with Crippen molar-refractivity contribution < 1.29 is 71.6 Å². The number of anilines is 3. The molecular formula is C60H54N4O15S2. The van der Waals surface area contributed by atoms with Crippen LogP contribution in [0.2, 0.25) is 0 Å². The highest BCUT2D eigenvalue weighted by molar-refractivity contribution is 7.91. The summed E-state index contributed by atoms with van der Waals surface area (Å²) in [4.78, 5) is 22.1. The Morgan fingerprint density at radius 3 is 1.53 bits per heavy atom. The van der Waals surface area contributed by atoms with Gasteiger partial charge in [0.25, 0.3) is 0 Å². The lowest BCUT2D eigenvalue weighted by Gasteiger charge is -2.34. The number of aliphatic hydroxyl groups excluding tert-OH is 2. The van der Waals surface area contributed by atoms with E-state index in [1.165, 1.54) is 48.5 Å². The average molecular weight is 1140 g/mol. The minimum absolute atomic E-state index is 0.00794. The normalized spacial score (nSPS) is 13.4. The highest BCUT2D eigenvalue weighted by atomic mass is 32.2. The van der Waals surface area contributed by atoms with Gasteiger partial charge in [0.15, 0.2) is 0 Å². The summed E-state index contributed by atoms with van der Waals surface area (Å²) >= 11 is 0. The first-order valence-electron chi connectivity index (χ1n) is 25.0. The molecule has 81 heavy (non-hydrogen) atoms. The molecule has 0 spiro atoms. The Morgan fingerprint density at radius 2 is 1.00 bits per heavy atom. The molecule has 0 saturated heterocycles. The van der Waals surface area contributed by atoms with Crippen LogP contribution in [-0.4, -0.2) is 103 Å². The smallest absolute Gasteiger partial charge is 0.328 e. The van der Waals surface area contributed by atoms with E-state index in [1.54, 1.807) is 0 Å². The highest BCUT2D eigenvalue weighted by Gasteiger charge is 2.46. The number of phenols is 4. The van der Waals surface area contributed by atoms with Crippen molar-refractivity contribution in [2.45, 2.75) is 43.7 Å². The number of aromatic hydroxyl groups is 4. The van der Waals surface area contributed by atoms with E-state index in [2.05, 4.69) is 40.2 Å². The van der Waals surface area contributed by atoms with Gasteiger partial charge in [-0.2, -0.15) is 0 Å². The fourth-order valence-electron chi connectivity index (χ4n) is 9.50. The zero-order chi connectivity index (χ0) is 57.6. The first-order chi connectivity index (χ1) is 38.7. The van der Waals surface area contributed by atoms with E-state index in [4.69, 9.17) is 20.3 Å². The van der Waals surface area contributed by atoms with Gasteiger partial charge in [0.05, 0.1) is 42.1 Å². The maximum absolute atomic E-state index is 13.6. The fourth-order valence-corrected chi connectivity index (χ4v) is 12.2. The third-order valence-corrected chi connectivity index (χ3v) is 17.0. The van der Waals surface area contributed by atoms with Crippen LogP contribution in [0.1, 0.15) is 27.8 Å². The number of carboxylic acids is 1. The molecule has 0 aliphatic heterocycles. The van der Waals surface area contributed by atoms with E-state index >= 15 is 0 Å². The van der Waals surface area contributed by atoms with Gasteiger partial charge in [-0.05, 0) is 130 Å². The number of carbonyl (C=O) groups is 2. The molecule has 1 aliphatic carbocycles. The van der Waals surface area contributed by atoms with Gasteiger partial charge in [-0.15, -0.1) is 0 Å². The zero-order valence-electron chi connectivity index (χ0n) is 42.8. The van der Waals surface area contributed by atoms with E-state index in [1.807, 2.05) is 72.8 Å². The third kappa shape index (κ3) is 12.0. The molecule has 8 aromatic rings. The van der Waals surface area contributed by atoms with Crippen molar-refractivity contribution in [2.24, 2.45) is 0 Å². The second kappa shape index (κ2) is 23.5. The van der Waals surface area contributed by atoms with Crippen molar-refractivity contribution >= 4 is 48.6 Å². The molecule has 2 unspecified atom stereocenters. The highest BCUT2D eigenvalue weighted by Crippen LogP contribution is 2.56. The van der Waals surface area contributed by atoms with E-state index in [9.17, 15) is 57.1 Å². The lowest BCUT2D eigenvalue weighted by Crippen LogP contribution is -2.31. The standard InChI is InChI=1S/C60H54N4O15S2/c61-51-28-44(18-22-55(51)68)81(76,77)45-19-23-56(69)52(29-45)63-33-40(66)35-79-42-15-11-38(12-16-42)60(49-7-3-1-5-47(49)48-6-2-4-8-50(48)60)37-9-13-41(14-10-37)78-34-39(65)32-62-31-36-27-43(17-21-54(36)67)80(74,75)46-20-24-57(70)53(30-46)64-58(71)25-26-59(72)73/h1-30,39-40,62-63,65-70H,31-35,61H2,(H,64,71)(H,72,73)/b26-25+. The molecular weight excluding hydrogens is 1080 g/mol. The maximum Gasteiger partial charge on any atom is 0.328 e. The van der Waals surface area contributed by atoms with Crippen LogP contribution >= 0.6 is 0 Å². The largest absolute Gasteiger partial charge is 0.508 e. The number of nitrogens with two attached hydrogens (primary N) is 1. The second-order valence-electron chi connectivity index (χ2n) is 18.9. The van der Waals surface area contributed by atoms with Crippen LogP contribution in [0.5, 0.6) is 34.5 Å². The number of benzene rings is 8. The van der Waals surface area contributed by atoms with E-state index in [0.29, 0.717) is 23.7 Å². The molecule has 12 N–H and O–H groups in total. The van der Waals surface area contributed by atoms with E-state index < -0.39 is 54.9 Å². The Kier molecular flexibility index (Phi) is 16.4. The van der Waals surface area contributed by atoms with Crippen molar-refractivity contribution in [3.05, 3.63) is 210 Å². The van der Waals surface area contributed by atoms with Gasteiger partial charge in [0, 0.05) is 37.3 Å². The molecule has 19 nitrogen and oxygen atoms in total. The van der Waals surface area contributed by atoms with Crippen LogP contribution in [0, 0.1) is 0 Å². The summed E-state index contributed by atoms with van der Waals surface area (Å²) in [5.41, 5.74) is 10.8. The molecule has 21 heteroatoms. The van der Waals surface area contributed by atoms with Crippen molar-refractivity contribution in [3.8, 4) is 45.6 Å². The Morgan fingerprint density at radius 1 is 0.543 bits per heavy atom. The molecule has 1 aliphatic rings. The predicted molar refractivity (Wildman–Crippen MR) is 300 cm³/mol. The number of carbonyl (C=O) groups excluding carboxylic acids is 1. The van der Waals surface area contributed by atoms with Crippen LogP contribution in [0.15, 0.2) is 202 Å². The van der Waals surface area contributed by atoms with Gasteiger partial charge in [-0.3, -0.25) is 4.79 Å². The van der Waals surface area contributed by atoms with Gasteiger partial charge in [-0.1, -0.05) is 72.8 Å². The van der Waals surface area contributed by atoms with Crippen molar-refractivity contribution in [1.29, 1.82) is 0 Å². The molecule has 0 aromatic heterocycles. The lowest BCUT2D eigenvalue weighted by atomic mass is 9.68. The van der Waals surface area contributed by atoms with Gasteiger partial charge in [0.2, 0.25) is 25.6 Å². The molecule has 0 radical (unpaired) electrons. The van der Waals surface area contributed by atoms with Crippen molar-refractivity contribution in [3.63, 3.8) is 0 Å². The minimum Gasteiger partial charge on any atom is -0.508 e. The van der Waals surface area contributed by atoms with Crippen LogP contribution < -0.4 is 31.2 Å². The Hall–Kier alpha value is -9.38. The molecule has 0 fully saturated rings. The van der Waals surface area contributed by atoms with Crippen LogP contribution in [0.4, 0.5) is 17.1 Å². The molecule has 2 atom stereocenters. The number of hydrogen-bond acceptors (Lipinski definition) is 17. The summed E-state index contributed by atoms with van der Waals surface area (Å²) in [6.45, 7) is -0.442. The quantitative estimate of drug-likeness (QED) is 0.0183.